The molecule has 1 heterocycles. The van der Waals surface area contributed by atoms with E-state index < -0.39 is 37.2 Å². The van der Waals surface area contributed by atoms with Gasteiger partial charge in [0.2, 0.25) is 0 Å². The fraction of sp³-hybridized carbons (Fsp3) is 0.569. The summed E-state index contributed by atoms with van der Waals surface area (Å²) in [4.78, 5) is 24.9. The highest BCUT2D eigenvalue weighted by atomic mass is 28.4. The van der Waals surface area contributed by atoms with Gasteiger partial charge < -0.3 is 27.5 Å². The third-order valence-corrected chi connectivity index (χ3v) is 27.1. The number of hydrogen-bond donors (Lipinski definition) is 0. The molecular formula is C51H80O8Si3. The highest BCUT2D eigenvalue weighted by Crippen LogP contribution is 2.42. The molecule has 0 N–H and O–H groups in total. The zero-order valence-electron chi connectivity index (χ0n) is 40.8. The number of carbonyl (C=O) groups is 2. The normalized spacial score (nSPS) is 18.9. The molecule has 62 heavy (non-hydrogen) atoms. The molecule has 1 aliphatic rings. The first-order chi connectivity index (χ1) is 28.8. The highest BCUT2D eigenvalue weighted by Gasteiger charge is 2.51. The Bertz CT molecular complexity index is 1760. The second-order valence-corrected chi connectivity index (χ2v) is 34.6. The standard InChI is InChI=1S/C51H80O8Si3/c1-16-54-47(52)35-29-21-19-17-18-20-28-34-45(59-61(14,15)50(6,7)8)40(2)46-39-42(56-48(53)57-46)38-41(58-60(12,13)49(3,4)5)36-37-55-62(51(9,10)11,43-30-24-22-25-31-43)44-32-26-23-27-33-44/h17-33,35,40-42,45-46H,16,34,36-39H2,1-15H3/b18-17+,21-19+,28-20+,35-29+/t40-,41-,42-,45+,46-/m1/s1. The van der Waals surface area contributed by atoms with Crippen molar-refractivity contribution < 1.29 is 37.1 Å². The molecule has 2 aromatic carbocycles. The van der Waals surface area contributed by atoms with Gasteiger partial charge in [0.1, 0.15) is 12.2 Å². The van der Waals surface area contributed by atoms with Gasteiger partial charge in [-0.05, 0) is 71.4 Å². The van der Waals surface area contributed by atoms with Crippen molar-refractivity contribution in [3.05, 3.63) is 109 Å². The van der Waals surface area contributed by atoms with E-state index in [2.05, 4.69) is 162 Å². The van der Waals surface area contributed by atoms with Crippen molar-refractivity contribution >= 4 is 47.5 Å². The lowest BCUT2D eigenvalue weighted by Gasteiger charge is -2.44. The Morgan fingerprint density at radius 2 is 1.26 bits per heavy atom. The predicted molar refractivity (Wildman–Crippen MR) is 264 cm³/mol. The lowest BCUT2D eigenvalue weighted by Crippen LogP contribution is -2.66. The van der Waals surface area contributed by atoms with Crippen LogP contribution in [0, 0.1) is 5.92 Å². The van der Waals surface area contributed by atoms with Crippen LogP contribution >= 0.6 is 0 Å². The number of benzene rings is 2. The molecule has 5 atom stereocenters. The monoisotopic (exact) mass is 905 g/mol. The Morgan fingerprint density at radius 1 is 0.742 bits per heavy atom. The summed E-state index contributed by atoms with van der Waals surface area (Å²) in [6.07, 6.45) is 15.3. The van der Waals surface area contributed by atoms with Gasteiger partial charge in [-0.15, -0.1) is 0 Å². The minimum Gasteiger partial charge on any atom is -0.463 e. The highest BCUT2D eigenvalue weighted by molar-refractivity contribution is 6.99. The maximum absolute atomic E-state index is 13.3. The van der Waals surface area contributed by atoms with Crippen molar-refractivity contribution in [2.45, 2.75) is 168 Å². The van der Waals surface area contributed by atoms with Crippen molar-refractivity contribution in [2.75, 3.05) is 13.2 Å². The van der Waals surface area contributed by atoms with Gasteiger partial charge in [-0.2, -0.15) is 0 Å². The molecule has 0 amide bonds. The second-order valence-electron chi connectivity index (χ2n) is 20.7. The molecule has 11 heteroatoms. The number of allylic oxidation sites excluding steroid dienone is 6. The summed E-state index contributed by atoms with van der Waals surface area (Å²) in [5, 5.41) is 2.32. The smallest absolute Gasteiger partial charge is 0.463 e. The zero-order chi connectivity index (χ0) is 46.4. The summed E-state index contributed by atoms with van der Waals surface area (Å²) >= 11 is 0. The summed E-state index contributed by atoms with van der Waals surface area (Å²) in [5.74, 6) is -0.459. The Kier molecular flexibility index (Phi) is 19.7. The van der Waals surface area contributed by atoms with Crippen molar-refractivity contribution in [3.63, 3.8) is 0 Å². The molecule has 0 bridgehead atoms. The number of hydrogen-bond acceptors (Lipinski definition) is 8. The van der Waals surface area contributed by atoms with E-state index in [0.717, 1.165) is 0 Å². The van der Waals surface area contributed by atoms with Crippen molar-refractivity contribution in [3.8, 4) is 0 Å². The van der Waals surface area contributed by atoms with Crippen molar-refractivity contribution in [2.24, 2.45) is 5.92 Å². The Balaban J connectivity index is 1.88. The van der Waals surface area contributed by atoms with Gasteiger partial charge in [0, 0.05) is 31.4 Å². The van der Waals surface area contributed by atoms with E-state index in [1.165, 1.54) is 16.4 Å². The first kappa shape index (κ1) is 53.0. The first-order valence-corrected chi connectivity index (χ1v) is 30.4. The zero-order valence-corrected chi connectivity index (χ0v) is 43.8. The van der Waals surface area contributed by atoms with Crippen molar-refractivity contribution in [1.29, 1.82) is 0 Å². The third kappa shape index (κ3) is 15.2. The van der Waals surface area contributed by atoms with E-state index in [9.17, 15) is 9.59 Å². The molecule has 1 saturated heterocycles. The molecule has 0 aliphatic carbocycles. The number of cyclic esters (lactones) is 2. The summed E-state index contributed by atoms with van der Waals surface area (Å²) < 4.78 is 38.6. The average molecular weight is 905 g/mol. The molecule has 3 rings (SSSR count). The number of carbonyl (C=O) groups excluding carboxylic acids is 2. The Hall–Kier alpha value is -3.33. The van der Waals surface area contributed by atoms with Gasteiger partial charge in [0.25, 0.3) is 8.32 Å². The summed E-state index contributed by atoms with van der Waals surface area (Å²) in [6.45, 7) is 34.3. The van der Waals surface area contributed by atoms with Crippen LogP contribution in [-0.2, 0) is 32.3 Å². The molecule has 0 unspecified atom stereocenters. The van der Waals surface area contributed by atoms with Gasteiger partial charge in [0.05, 0.1) is 18.8 Å². The SMILES string of the molecule is CCOC(=O)/C=C/C=C/C=C/C=C/C[C@H](O[Si](C)(C)C(C)(C)C)[C@@H](C)[C@H]1C[C@@H](C[C@@H](CCO[Si](c2ccccc2)(c2ccccc2)C(C)(C)C)O[Si](C)(C)C(C)(C)C)OC(=O)O1. The molecule has 0 spiro atoms. The van der Waals surface area contributed by atoms with Gasteiger partial charge in [0.15, 0.2) is 16.6 Å². The van der Waals surface area contributed by atoms with E-state index >= 15 is 0 Å². The minimum absolute atomic E-state index is 0.00380. The van der Waals surface area contributed by atoms with E-state index in [0.29, 0.717) is 38.9 Å². The van der Waals surface area contributed by atoms with Crippen LogP contribution in [0.3, 0.4) is 0 Å². The van der Waals surface area contributed by atoms with Gasteiger partial charge in [-0.3, -0.25) is 0 Å². The third-order valence-electron chi connectivity index (χ3n) is 13.0. The Morgan fingerprint density at radius 3 is 1.77 bits per heavy atom. The van der Waals surface area contributed by atoms with Crippen LogP contribution in [-0.4, -0.2) is 74.7 Å². The second kappa shape index (κ2) is 23.0. The lowest BCUT2D eigenvalue weighted by atomic mass is 9.90. The molecular weight excluding hydrogens is 825 g/mol. The van der Waals surface area contributed by atoms with Crippen LogP contribution in [0.1, 0.15) is 102 Å². The maximum atomic E-state index is 13.3. The average Bonchev–Trinajstić information content (AvgIpc) is 3.17. The van der Waals surface area contributed by atoms with Gasteiger partial charge >= 0.3 is 12.1 Å². The number of rotatable bonds is 21. The topological polar surface area (TPSA) is 89.5 Å². The first-order valence-electron chi connectivity index (χ1n) is 22.7. The minimum atomic E-state index is -2.77. The van der Waals surface area contributed by atoms with Crippen LogP contribution < -0.4 is 10.4 Å². The van der Waals surface area contributed by atoms with E-state index in [1.807, 2.05) is 24.3 Å². The van der Waals surface area contributed by atoms with E-state index in [-0.39, 0.29) is 45.3 Å². The van der Waals surface area contributed by atoms with Gasteiger partial charge in [-0.1, -0.05) is 172 Å². The molecule has 344 valence electrons. The maximum Gasteiger partial charge on any atom is 0.508 e. The number of ether oxygens (including phenoxy) is 3. The van der Waals surface area contributed by atoms with Crippen LogP contribution in [0.5, 0.6) is 0 Å². The van der Waals surface area contributed by atoms with E-state index in [4.69, 9.17) is 27.5 Å². The fourth-order valence-electron chi connectivity index (χ4n) is 7.36. The molecule has 1 aliphatic heterocycles. The Labute approximate surface area is 378 Å². The molecule has 0 aromatic heterocycles. The quantitative estimate of drug-likeness (QED) is 0.0530. The molecule has 0 saturated carbocycles. The van der Waals surface area contributed by atoms with Crippen molar-refractivity contribution in [1.82, 2.24) is 0 Å². The molecule has 8 nitrogen and oxygen atoms in total. The fourth-order valence-corrected chi connectivity index (χ4v) is 14.8. The summed E-state index contributed by atoms with van der Waals surface area (Å²) in [6, 6.07) is 21.5. The van der Waals surface area contributed by atoms with Crippen LogP contribution in [0.2, 0.25) is 41.3 Å². The van der Waals surface area contributed by atoms with Crippen LogP contribution in [0.25, 0.3) is 0 Å². The molecule has 2 aromatic rings. The molecule has 0 radical (unpaired) electrons. The summed E-state index contributed by atoms with van der Waals surface area (Å²) in [7, 11) is -7.21. The largest absolute Gasteiger partial charge is 0.508 e. The summed E-state index contributed by atoms with van der Waals surface area (Å²) in [5.41, 5.74) is 0. The predicted octanol–water partition coefficient (Wildman–Crippen LogP) is 12.2. The van der Waals surface area contributed by atoms with Crippen LogP contribution in [0.4, 0.5) is 4.79 Å². The lowest BCUT2D eigenvalue weighted by molar-refractivity contribution is -0.137. The van der Waals surface area contributed by atoms with Crippen LogP contribution in [0.15, 0.2) is 109 Å². The number of esters is 1. The van der Waals surface area contributed by atoms with Gasteiger partial charge in [-0.25, -0.2) is 9.59 Å². The van der Waals surface area contributed by atoms with E-state index in [1.54, 1.807) is 19.1 Å². The molecule has 1 fully saturated rings.